The van der Waals surface area contributed by atoms with Crippen molar-refractivity contribution >= 4 is 28.9 Å². The summed E-state index contributed by atoms with van der Waals surface area (Å²) < 4.78 is 20.9. The molecule has 3 heterocycles. The van der Waals surface area contributed by atoms with Gasteiger partial charge in [-0.1, -0.05) is 6.07 Å². The Morgan fingerprint density at radius 2 is 1.71 bits per heavy atom. The van der Waals surface area contributed by atoms with E-state index >= 15 is 0 Å². The lowest BCUT2D eigenvalue weighted by molar-refractivity contribution is 0.102. The monoisotopic (exact) mass is 563 g/mol. The van der Waals surface area contributed by atoms with Crippen molar-refractivity contribution in [2.45, 2.75) is 13.8 Å². The van der Waals surface area contributed by atoms with Gasteiger partial charge in [-0.2, -0.15) is 0 Å². The van der Waals surface area contributed by atoms with E-state index in [0.29, 0.717) is 41.8 Å². The largest absolute Gasteiger partial charge is 0.378 e. The quantitative estimate of drug-likeness (QED) is 0.254. The molecular weight excluding hydrogens is 533 g/mol. The van der Waals surface area contributed by atoms with Gasteiger partial charge in [0.15, 0.2) is 0 Å². The second-order valence-electron chi connectivity index (χ2n) is 10.1. The zero-order valence-electron chi connectivity index (χ0n) is 23.3. The van der Waals surface area contributed by atoms with E-state index in [0.717, 1.165) is 41.3 Å². The van der Waals surface area contributed by atoms with E-state index in [4.69, 9.17) is 4.74 Å². The van der Waals surface area contributed by atoms with E-state index in [9.17, 15) is 9.18 Å². The molecule has 1 aliphatic rings. The summed E-state index contributed by atoms with van der Waals surface area (Å²) in [6, 6.07) is 19.4. The summed E-state index contributed by atoms with van der Waals surface area (Å²) >= 11 is 0. The number of carbonyl (C=O) groups is 1. The van der Waals surface area contributed by atoms with Gasteiger partial charge in [-0.15, -0.1) is 0 Å². The van der Waals surface area contributed by atoms with E-state index in [1.807, 2.05) is 42.8 Å². The minimum atomic E-state index is -0.308. The number of morpholine rings is 1. The van der Waals surface area contributed by atoms with Crippen LogP contribution in [0, 0.1) is 19.7 Å². The van der Waals surface area contributed by atoms with Gasteiger partial charge in [0.05, 0.1) is 36.6 Å². The van der Waals surface area contributed by atoms with Crippen molar-refractivity contribution in [3.63, 3.8) is 0 Å². The van der Waals surface area contributed by atoms with Crippen LogP contribution in [0.2, 0.25) is 0 Å². The third-order valence-electron chi connectivity index (χ3n) is 7.09. The predicted octanol–water partition coefficient (Wildman–Crippen LogP) is 5.92. The number of nitrogens with one attached hydrogen (secondary N) is 2. The number of aryl methyl sites for hydroxylation is 2. The fourth-order valence-electron chi connectivity index (χ4n) is 4.80. The second kappa shape index (κ2) is 11.8. The standard InChI is InChI=1S/C32H30FN7O2/c1-21-3-4-24(15-30(21)38-32-34-10-9-29(37-32)23-5-7-25(33)8-6-23)31(41)36-26-16-27(39-11-13-42-14-12-39)18-28(17-26)40-19-22(2)35-20-40/h3-10,15-20H,11-14H2,1-2H3,(H,36,41)(H,34,37,38). The van der Waals surface area contributed by atoms with Crippen molar-refractivity contribution in [2.75, 3.05) is 41.8 Å². The summed E-state index contributed by atoms with van der Waals surface area (Å²) in [5.41, 5.74) is 7.03. The van der Waals surface area contributed by atoms with Gasteiger partial charge in [0.2, 0.25) is 5.95 Å². The lowest BCUT2D eigenvalue weighted by Gasteiger charge is -2.29. The molecule has 0 saturated carbocycles. The normalized spacial score (nSPS) is 13.2. The number of aromatic nitrogens is 4. The Bertz CT molecular complexity index is 1730. The number of carbonyl (C=O) groups excluding carboxylic acids is 1. The number of nitrogens with zero attached hydrogens (tertiary/aromatic N) is 5. The average molecular weight is 564 g/mol. The molecule has 6 rings (SSSR count). The van der Waals surface area contributed by atoms with Gasteiger partial charge in [0, 0.05) is 53.7 Å². The molecule has 212 valence electrons. The molecule has 10 heteroatoms. The van der Waals surface area contributed by atoms with Gasteiger partial charge in [-0.3, -0.25) is 4.79 Å². The summed E-state index contributed by atoms with van der Waals surface area (Å²) in [6.45, 7) is 6.75. The maximum Gasteiger partial charge on any atom is 0.255 e. The predicted molar refractivity (Wildman–Crippen MR) is 161 cm³/mol. The molecule has 0 aliphatic carbocycles. The fourth-order valence-corrected chi connectivity index (χ4v) is 4.80. The van der Waals surface area contributed by atoms with Gasteiger partial charge < -0.3 is 24.8 Å². The molecule has 0 spiro atoms. The summed E-state index contributed by atoms with van der Waals surface area (Å²) in [4.78, 5) is 29.0. The minimum Gasteiger partial charge on any atom is -0.378 e. The molecule has 5 aromatic rings. The van der Waals surface area contributed by atoms with E-state index in [1.165, 1.54) is 12.1 Å². The highest BCUT2D eigenvalue weighted by atomic mass is 19.1. The maximum atomic E-state index is 13.5. The van der Waals surface area contributed by atoms with E-state index in [2.05, 4.69) is 36.6 Å². The number of rotatable bonds is 7. The lowest BCUT2D eigenvalue weighted by Crippen LogP contribution is -2.36. The summed E-state index contributed by atoms with van der Waals surface area (Å²) in [5.74, 6) is -0.181. The second-order valence-corrected chi connectivity index (χ2v) is 10.1. The molecule has 1 saturated heterocycles. The molecule has 1 amide bonds. The maximum absolute atomic E-state index is 13.5. The number of anilines is 4. The molecular formula is C32H30FN7O2. The molecule has 0 atom stereocenters. The average Bonchev–Trinajstić information content (AvgIpc) is 3.45. The highest BCUT2D eigenvalue weighted by Crippen LogP contribution is 2.28. The molecule has 1 fully saturated rings. The van der Waals surface area contributed by atoms with Crippen molar-refractivity contribution < 1.29 is 13.9 Å². The van der Waals surface area contributed by atoms with Crippen LogP contribution in [0.15, 0.2) is 85.5 Å². The van der Waals surface area contributed by atoms with Crippen LogP contribution in [0.5, 0.6) is 0 Å². The molecule has 0 unspecified atom stereocenters. The number of halogens is 1. The molecule has 2 N–H and O–H groups in total. The van der Waals surface area contributed by atoms with Crippen LogP contribution < -0.4 is 15.5 Å². The van der Waals surface area contributed by atoms with Crippen LogP contribution in [0.25, 0.3) is 16.9 Å². The number of amides is 1. The first-order chi connectivity index (χ1) is 20.4. The smallest absolute Gasteiger partial charge is 0.255 e. The Morgan fingerprint density at radius 3 is 2.48 bits per heavy atom. The third kappa shape index (κ3) is 6.13. The first kappa shape index (κ1) is 27.1. The third-order valence-corrected chi connectivity index (χ3v) is 7.09. The number of hydrogen-bond donors (Lipinski definition) is 2. The first-order valence-electron chi connectivity index (χ1n) is 13.7. The minimum absolute atomic E-state index is 0.245. The van der Waals surface area contributed by atoms with Crippen molar-refractivity contribution in [3.8, 4) is 16.9 Å². The summed E-state index contributed by atoms with van der Waals surface area (Å²) in [6.07, 6.45) is 5.36. The van der Waals surface area contributed by atoms with Crippen LogP contribution in [0.1, 0.15) is 21.6 Å². The molecule has 9 nitrogen and oxygen atoms in total. The van der Waals surface area contributed by atoms with Crippen LogP contribution in [0.4, 0.5) is 27.4 Å². The Morgan fingerprint density at radius 1 is 0.929 bits per heavy atom. The highest BCUT2D eigenvalue weighted by Gasteiger charge is 2.16. The highest BCUT2D eigenvalue weighted by molar-refractivity contribution is 6.05. The van der Waals surface area contributed by atoms with E-state index < -0.39 is 0 Å². The number of hydrogen-bond acceptors (Lipinski definition) is 7. The zero-order valence-corrected chi connectivity index (χ0v) is 23.3. The topological polar surface area (TPSA) is 97.2 Å². The van der Waals surface area contributed by atoms with E-state index in [-0.39, 0.29) is 11.7 Å². The number of imidazole rings is 1. The molecule has 42 heavy (non-hydrogen) atoms. The van der Waals surface area contributed by atoms with Gasteiger partial charge in [0.1, 0.15) is 5.82 Å². The Hall–Kier alpha value is -5.09. The number of benzene rings is 3. The van der Waals surface area contributed by atoms with Gasteiger partial charge in [-0.25, -0.2) is 19.3 Å². The first-order valence-corrected chi connectivity index (χ1v) is 13.7. The molecule has 3 aromatic carbocycles. The Balaban J connectivity index is 1.25. The van der Waals surface area contributed by atoms with Crippen LogP contribution >= 0.6 is 0 Å². The van der Waals surface area contributed by atoms with Crippen molar-refractivity contribution in [2.24, 2.45) is 0 Å². The Labute approximate surface area is 243 Å². The van der Waals surface area contributed by atoms with Crippen molar-refractivity contribution in [1.29, 1.82) is 0 Å². The lowest BCUT2D eigenvalue weighted by atomic mass is 10.1. The Kier molecular flexibility index (Phi) is 7.61. The van der Waals surface area contributed by atoms with Gasteiger partial charge >= 0.3 is 0 Å². The van der Waals surface area contributed by atoms with Crippen LogP contribution in [-0.4, -0.2) is 51.7 Å². The van der Waals surface area contributed by atoms with Crippen molar-refractivity contribution in [3.05, 3.63) is 108 Å². The van der Waals surface area contributed by atoms with Crippen molar-refractivity contribution in [1.82, 2.24) is 19.5 Å². The van der Waals surface area contributed by atoms with E-state index in [1.54, 1.807) is 42.9 Å². The molecule has 2 aromatic heterocycles. The number of ether oxygens (including phenoxy) is 1. The zero-order chi connectivity index (χ0) is 29.1. The fraction of sp³-hybridized carbons (Fsp3) is 0.188. The van der Waals surface area contributed by atoms with Crippen LogP contribution in [-0.2, 0) is 4.74 Å². The van der Waals surface area contributed by atoms with Crippen LogP contribution in [0.3, 0.4) is 0 Å². The summed E-state index contributed by atoms with van der Waals surface area (Å²) in [5, 5.41) is 6.31. The molecule has 0 bridgehead atoms. The molecule has 0 radical (unpaired) electrons. The van der Waals surface area contributed by atoms with Gasteiger partial charge in [-0.05, 0) is 80.1 Å². The SMILES string of the molecule is Cc1cn(-c2cc(NC(=O)c3ccc(C)c(Nc4nccc(-c5ccc(F)cc5)n4)c3)cc(N3CCOCC3)c2)cn1. The van der Waals surface area contributed by atoms with Gasteiger partial charge in [0.25, 0.3) is 5.91 Å². The summed E-state index contributed by atoms with van der Waals surface area (Å²) in [7, 11) is 0. The molecule has 1 aliphatic heterocycles.